The number of rotatable bonds is 4. The van der Waals surface area contributed by atoms with E-state index in [0.29, 0.717) is 6.54 Å². The van der Waals surface area contributed by atoms with Crippen LogP contribution in [0, 0.1) is 0 Å². The second-order valence-electron chi connectivity index (χ2n) is 8.22. The van der Waals surface area contributed by atoms with Crippen molar-refractivity contribution in [3.63, 3.8) is 0 Å². The molecule has 2 heterocycles. The zero-order valence-corrected chi connectivity index (χ0v) is 18.9. The van der Waals surface area contributed by atoms with E-state index in [4.69, 9.17) is 4.74 Å². The largest absolute Gasteiger partial charge is 0.497 e. The highest BCUT2D eigenvalue weighted by atomic mass is 16.5. The Morgan fingerprint density at radius 3 is 2.45 bits per heavy atom. The number of hydrogen-bond acceptors (Lipinski definition) is 2. The van der Waals surface area contributed by atoms with E-state index in [-0.39, 0.29) is 12.1 Å². The van der Waals surface area contributed by atoms with Gasteiger partial charge in [0, 0.05) is 17.6 Å². The molecule has 0 fully saturated rings. The van der Waals surface area contributed by atoms with E-state index in [1.807, 2.05) is 47.4 Å². The first-order valence-corrected chi connectivity index (χ1v) is 11.2. The lowest BCUT2D eigenvalue weighted by molar-refractivity contribution is 0.194. The molecule has 1 atom stereocenters. The van der Waals surface area contributed by atoms with Crippen molar-refractivity contribution in [2.75, 3.05) is 12.4 Å². The Bertz CT molecular complexity index is 1260. The minimum Gasteiger partial charge on any atom is -0.497 e. The van der Waals surface area contributed by atoms with Gasteiger partial charge in [-0.2, -0.15) is 0 Å². The number of para-hydroxylation sites is 1. The summed E-state index contributed by atoms with van der Waals surface area (Å²) in [6.45, 7) is 2.65. The molecule has 0 bridgehead atoms. The van der Waals surface area contributed by atoms with Gasteiger partial charge in [0.25, 0.3) is 0 Å². The topological polar surface area (TPSA) is 46.5 Å². The zero-order valence-electron chi connectivity index (χ0n) is 18.9. The number of methoxy groups -OCH3 is 1. The molecule has 5 nitrogen and oxygen atoms in total. The highest BCUT2D eigenvalue weighted by molar-refractivity contribution is 5.90. The van der Waals surface area contributed by atoms with Crippen LogP contribution < -0.4 is 10.1 Å². The molecular formula is C28H27N3O2. The second-order valence-corrected chi connectivity index (χ2v) is 8.22. The molecule has 1 aromatic heterocycles. The first kappa shape index (κ1) is 20.9. The van der Waals surface area contributed by atoms with Gasteiger partial charge in [0.15, 0.2) is 0 Å². The van der Waals surface area contributed by atoms with Crippen molar-refractivity contribution in [1.82, 2.24) is 9.47 Å². The summed E-state index contributed by atoms with van der Waals surface area (Å²) < 4.78 is 7.45. The van der Waals surface area contributed by atoms with E-state index < -0.39 is 0 Å². The van der Waals surface area contributed by atoms with E-state index in [1.54, 1.807) is 7.11 Å². The van der Waals surface area contributed by atoms with E-state index in [1.165, 1.54) is 5.56 Å². The fraction of sp³-hybridized carbons (Fsp3) is 0.179. The normalized spacial score (nSPS) is 14.7. The molecule has 1 aliphatic heterocycles. The summed E-state index contributed by atoms with van der Waals surface area (Å²) in [5, 5.41) is 3.09. The average molecular weight is 438 g/mol. The third-order valence-electron chi connectivity index (χ3n) is 6.27. The molecule has 0 radical (unpaired) electrons. The van der Waals surface area contributed by atoms with Crippen LogP contribution in [-0.2, 0) is 13.0 Å². The van der Waals surface area contributed by atoms with Gasteiger partial charge in [-0.1, -0.05) is 49.4 Å². The maximum atomic E-state index is 13.7. The molecule has 33 heavy (non-hydrogen) atoms. The van der Waals surface area contributed by atoms with Gasteiger partial charge in [-0.25, -0.2) is 4.79 Å². The van der Waals surface area contributed by atoms with Crippen molar-refractivity contribution in [1.29, 1.82) is 0 Å². The molecule has 5 heteroatoms. The van der Waals surface area contributed by atoms with Gasteiger partial charge in [-0.15, -0.1) is 0 Å². The highest BCUT2D eigenvalue weighted by Crippen LogP contribution is 2.37. The molecule has 1 N–H and O–H groups in total. The predicted octanol–water partition coefficient (Wildman–Crippen LogP) is 6.19. The maximum absolute atomic E-state index is 13.7. The molecule has 0 saturated heterocycles. The number of nitrogens with zero attached hydrogens (tertiary/aromatic N) is 2. The standard InChI is InChI=1S/C28H27N3O2/c1-3-20-10-12-21(13-11-20)27-26-9-6-18-30(26)25-8-5-4-7-22(25)19-31(27)28(32)29-23-14-16-24(33-2)17-15-23/h4-18,27H,3,19H2,1-2H3,(H,29,32)/t27-/m0/s1. The molecule has 0 unspecified atom stereocenters. The Kier molecular flexibility index (Phi) is 5.61. The SMILES string of the molecule is CCc1ccc([C@H]2c3cccn3-c3ccccc3CN2C(=O)Nc2ccc(OC)cc2)cc1. The van der Waals surface area contributed by atoms with Crippen LogP contribution in [0.4, 0.5) is 10.5 Å². The Hall–Kier alpha value is -3.99. The van der Waals surface area contributed by atoms with Crippen LogP contribution in [0.2, 0.25) is 0 Å². The van der Waals surface area contributed by atoms with Gasteiger partial charge >= 0.3 is 6.03 Å². The van der Waals surface area contributed by atoms with Crippen LogP contribution in [0.25, 0.3) is 5.69 Å². The molecular weight excluding hydrogens is 410 g/mol. The Balaban J connectivity index is 1.58. The fourth-order valence-electron chi connectivity index (χ4n) is 4.50. The third kappa shape index (κ3) is 3.98. The monoisotopic (exact) mass is 437 g/mol. The maximum Gasteiger partial charge on any atom is 0.322 e. The lowest BCUT2D eigenvalue weighted by Gasteiger charge is -2.31. The molecule has 5 rings (SSSR count). The number of hydrogen-bond donors (Lipinski definition) is 1. The van der Waals surface area contributed by atoms with Crippen molar-refractivity contribution in [3.05, 3.63) is 114 Å². The second kappa shape index (κ2) is 8.87. The first-order valence-electron chi connectivity index (χ1n) is 11.2. The van der Waals surface area contributed by atoms with Crippen LogP contribution in [0.3, 0.4) is 0 Å². The molecule has 166 valence electrons. The molecule has 0 saturated carbocycles. The lowest BCUT2D eigenvalue weighted by atomic mass is 10.00. The van der Waals surface area contributed by atoms with Gasteiger partial charge in [0.1, 0.15) is 5.75 Å². The Morgan fingerprint density at radius 1 is 0.970 bits per heavy atom. The summed E-state index contributed by atoms with van der Waals surface area (Å²) >= 11 is 0. The number of urea groups is 1. The number of benzene rings is 3. The molecule has 0 spiro atoms. The van der Waals surface area contributed by atoms with Crippen molar-refractivity contribution in [2.24, 2.45) is 0 Å². The summed E-state index contributed by atoms with van der Waals surface area (Å²) in [4.78, 5) is 15.6. The number of carbonyl (C=O) groups is 1. The Morgan fingerprint density at radius 2 is 1.73 bits per heavy atom. The minimum absolute atomic E-state index is 0.144. The lowest BCUT2D eigenvalue weighted by Crippen LogP contribution is -2.37. The number of amides is 2. The van der Waals surface area contributed by atoms with Crippen LogP contribution in [0.1, 0.15) is 35.3 Å². The molecule has 2 amide bonds. The quantitative estimate of drug-likeness (QED) is 0.414. The smallest absolute Gasteiger partial charge is 0.322 e. The highest BCUT2D eigenvalue weighted by Gasteiger charge is 2.33. The van der Waals surface area contributed by atoms with Crippen molar-refractivity contribution < 1.29 is 9.53 Å². The first-order chi connectivity index (χ1) is 16.2. The van der Waals surface area contributed by atoms with Gasteiger partial charge < -0.3 is 19.5 Å². The average Bonchev–Trinajstić information content (AvgIpc) is 3.29. The number of fused-ring (bicyclic) bond motifs is 3. The number of anilines is 1. The van der Waals surface area contributed by atoms with Crippen molar-refractivity contribution in [2.45, 2.75) is 25.9 Å². The minimum atomic E-state index is -0.225. The Labute approximate surface area is 194 Å². The van der Waals surface area contributed by atoms with Crippen molar-refractivity contribution >= 4 is 11.7 Å². The number of nitrogens with one attached hydrogen (secondary N) is 1. The molecule has 4 aromatic rings. The molecule has 0 aliphatic carbocycles. The van der Waals surface area contributed by atoms with Gasteiger partial charge in [0.2, 0.25) is 0 Å². The van der Waals surface area contributed by atoms with E-state index in [2.05, 4.69) is 65.5 Å². The summed E-state index contributed by atoms with van der Waals surface area (Å²) in [6, 6.07) is 28.1. The fourth-order valence-corrected chi connectivity index (χ4v) is 4.50. The number of carbonyl (C=O) groups excluding carboxylic acids is 1. The van der Waals surface area contributed by atoms with E-state index >= 15 is 0 Å². The number of aromatic nitrogens is 1. The summed E-state index contributed by atoms with van der Waals surface area (Å²) in [5.74, 6) is 0.753. The van der Waals surface area contributed by atoms with Crippen LogP contribution in [0.5, 0.6) is 5.75 Å². The van der Waals surface area contributed by atoms with Crippen LogP contribution in [0.15, 0.2) is 91.1 Å². The van der Waals surface area contributed by atoms with E-state index in [0.717, 1.165) is 40.4 Å². The third-order valence-corrected chi connectivity index (χ3v) is 6.27. The summed E-state index contributed by atoms with van der Waals surface area (Å²) in [6.07, 6.45) is 3.06. The van der Waals surface area contributed by atoms with Crippen molar-refractivity contribution in [3.8, 4) is 11.4 Å². The zero-order chi connectivity index (χ0) is 22.8. The van der Waals surface area contributed by atoms with Gasteiger partial charge in [-0.3, -0.25) is 0 Å². The number of aryl methyl sites for hydroxylation is 1. The van der Waals surface area contributed by atoms with Gasteiger partial charge in [-0.05, 0) is 65.6 Å². The predicted molar refractivity (Wildman–Crippen MR) is 131 cm³/mol. The molecule has 1 aliphatic rings. The van der Waals surface area contributed by atoms with Crippen LogP contribution >= 0.6 is 0 Å². The van der Waals surface area contributed by atoms with Crippen LogP contribution in [-0.4, -0.2) is 22.6 Å². The van der Waals surface area contributed by atoms with E-state index in [9.17, 15) is 4.79 Å². The summed E-state index contributed by atoms with van der Waals surface area (Å²) in [7, 11) is 1.63. The molecule has 3 aromatic carbocycles. The summed E-state index contributed by atoms with van der Waals surface area (Å²) in [5.41, 5.74) is 6.37. The number of ether oxygens (including phenoxy) is 1. The van der Waals surface area contributed by atoms with Gasteiger partial charge in [0.05, 0.1) is 25.4 Å².